The standard InChI is InChI=1S/C17H13Cl2FO2/c18-17(19)14(9-16(17)21)13-8-12(20)6-7-15(13)22-10-11-4-2-1-3-5-11/h1-8,14H,9-10H2. The average molecular weight is 339 g/mol. The van der Waals surface area contributed by atoms with Crippen molar-refractivity contribution < 1.29 is 13.9 Å². The van der Waals surface area contributed by atoms with Gasteiger partial charge in [0.25, 0.3) is 0 Å². The number of hydrogen-bond donors (Lipinski definition) is 0. The molecule has 1 aliphatic carbocycles. The van der Waals surface area contributed by atoms with Gasteiger partial charge in [-0.25, -0.2) is 4.39 Å². The highest BCUT2D eigenvalue weighted by Crippen LogP contribution is 2.52. The number of benzene rings is 2. The Morgan fingerprint density at radius 2 is 1.91 bits per heavy atom. The van der Waals surface area contributed by atoms with Crippen LogP contribution in [0.3, 0.4) is 0 Å². The quantitative estimate of drug-likeness (QED) is 0.759. The lowest BCUT2D eigenvalue weighted by Gasteiger charge is -2.38. The van der Waals surface area contributed by atoms with Crippen LogP contribution < -0.4 is 4.74 Å². The predicted molar refractivity (Wildman–Crippen MR) is 84.0 cm³/mol. The van der Waals surface area contributed by atoms with Crippen LogP contribution in [0.15, 0.2) is 48.5 Å². The second-order valence-corrected chi connectivity index (χ2v) is 6.65. The molecule has 0 saturated heterocycles. The van der Waals surface area contributed by atoms with Gasteiger partial charge in [0.05, 0.1) is 0 Å². The first-order valence-electron chi connectivity index (χ1n) is 6.86. The van der Waals surface area contributed by atoms with Crippen molar-refractivity contribution in [2.75, 3.05) is 0 Å². The van der Waals surface area contributed by atoms with E-state index < -0.39 is 16.1 Å². The molecule has 5 heteroatoms. The van der Waals surface area contributed by atoms with Crippen molar-refractivity contribution in [1.82, 2.24) is 0 Å². The van der Waals surface area contributed by atoms with Gasteiger partial charge in [0.15, 0.2) is 10.1 Å². The van der Waals surface area contributed by atoms with Crippen LogP contribution >= 0.6 is 23.2 Å². The summed E-state index contributed by atoms with van der Waals surface area (Å²) in [4.78, 5) is 11.5. The fourth-order valence-electron chi connectivity index (χ4n) is 2.48. The van der Waals surface area contributed by atoms with Crippen LogP contribution in [0, 0.1) is 5.82 Å². The third-order valence-electron chi connectivity index (χ3n) is 3.78. The average Bonchev–Trinajstić information content (AvgIpc) is 2.52. The van der Waals surface area contributed by atoms with Crippen molar-refractivity contribution in [1.29, 1.82) is 0 Å². The van der Waals surface area contributed by atoms with E-state index in [4.69, 9.17) is 27.9 Å². The van der Waals surface area contributed by atoms with Crippen LogP contribution in [0.2, 0.25) is 0 Å². The highest BCUT2D eigenvalue weighted by Gasteiger charge is 2.54. The number of carbonyl (C=O) groups excluding carboxylic acids is 1. The minimum atomic E-state index is -1.50. The number of ketones is 1. The van der Waals surface area contributed by atoms with Gasteiger partial charge >= 0.3 is 0 Å². The van der Waals surface area contributed by atoms with Crippen LogP contribution in [0.4, 0.5) is 4.39 Å². The van der Waals surface area contributed by atoms with Gasteiger partial charge in [-0.3, -0.25) is 4.79 Å². The molecule has 1 saturated carbocycles. The molecule has 0 aliphatic heterocycles. The highest BCUT2D eigenvalue weighted by atomic mass is 35.5. The summed E-state index contributed by atoms with van der Waals surface area (Å²) in [6, 6.07) is 13.8. The van der Waals surface area contributed by atoms with Crippen LogP contribution in [-0.4, -0.2) is 10.1 Å². The molecule has 1 aliphatic rings. The predicted octanol–water partition coefficient (Wildman–Crippen LogP) is 4.64. The SMILES string of the molecule is O=C1CC(c2cc(F)ccc2OCc2ccccc2)C1(Cl)Cl. The van der Waals surface area contributed by atoms with Gasteiger partial charge in [-0.15, -0.1) is 0 Å². The fraction of sp³-hybridized carbons (Fsp3) is 0.235. The molecule has 0 amide bonds. The summed E-state index contributed by atoms with van der Waals surface area (Å²) in [5.41, 5.74) is 1.52. The number of alkyl halides is 2. The normalized spacial score (nSPS) is 19.6. The Hall–Kier alpha value is -1.58. The molecule has 0 radical (unpaired) electrons. The van der Waals surface area contributed by atoms with E-state index in [-0.39, 0.29) is 12.2 Å². The second kappa shape index (κ2) is 5.90. The van der Waals surface area contributed by atoms with E-state index in [9.17, 15) is 9.18 Å². The summed E-state index contributed by atoms with van der Waals surface area (Å²) in [5, 5.41) is 0. The zero-order valence-electron chi connectivity index (χ0n) is 11.6. The molecule has 1 unspecified atom stereocenters. The first kappa shape index (κ1) is 15.3. The van der Waals surface area contributed by atoms with Gasteiger partial charge in [0.1, 0.15) is 18.2 Å². The summed E-state index contributed by atoms with van der Waals surface area (Å²) >= 11 is 12.1. The second-order valence-electron chi connectivity index (χ2n) is 5.26. The molecule has 2 aromatic carbocycles. The van der Waals surface area contributed by atoms with Gasteiger partial charge in [0, 0.05) is 17.9 Å². The van der Waals surface area contributed by atoms with Crippen molar-refractivity contribution in [2.45, 2.75) is 23.3 Å². The Morgan fingerprint density at radius 1 is 1.18 bits per heavy atom. The zero-order chi connectivity index (χ0) is 15.7. The van der Waals surface area contributed by atoms with E-state index in [1.54, 1.807) is 6.07 Å². The lowest BCUT2D eigenvalue weighted by atomic mass is 9.77. The molecule has 0 N–H and O–H groups in total. The summed E-state index contributed by atoms with van der Waals surface area (Å²) in [6.45, 7) is 0.345. The Morgan fingerprint density at radius 3 is 2.55 bits per heavy atom. The lowest BCUT2D eigenvalue weighted by Crippen LogP contribution is -2.45. The minimum absolute atomic E-state index is 0.193. The third kappa shape index (κ3) is 2.83. The number of carbonyl (C=O) groups is 1. The van der Waals surface area contributed by atoms with Crippen LogP contribution in [0.1, 0.15) is 23.5 Å². The molecular weight excluding hydrogens is 326 g/mol. The Bertz CT molecular complexity index is 701. The molecule has 0 bridgehead atoms. The van der Waals surface area contributed by atoms with E-state index in [2.05, 4.69) is 0 Å². The van der Waals surface area contributed by atoms with Gasteiger partial charge < -0.3 is 4.74 Å². The molecule has 2 nitrogen and oxygen atoms in total. The molecule has 0 spiro atoms. The number of hydrogen-bond acceptors (Lipinski definition) is 2. The van der Waals surface area contributed by atoms with Crippen LogP contribution in [0.5, 0.6) is 5.75 Å². The summed E-state index contributed by atoms with van der Waals surface area (Å²) < 4.78 is 17.8. The molecule has 3 rings (SSSR count). The van der Waals surface area contributed by atoms with Crippen molar-refractivity contribution in [3.8, 4) is 5.75 Å². The van der Waals surface area contributed by atoms with E-state index in [0.717, 1.165) is 5.56 Å². The van der Waals surface area contributed by atoms with E-state index in [0.29, 0.717) is 17.9 Å². The molecule has 2 aromatic rings. The fourth-order valence-corrected chi connectivity index (χ4v) is 3.02. The van der Waals surface area contributed by atoms with E-state index >= 15 is 0 Å². The number of rotatable bonds is 4. The van der Waals surface area contributed by atoms with Gasteiger partial charge in [-0.05, 0) is 23.8 Å². The molecule has 114 valence electrons. The maximum Gasteiger partial charge on any atom is 0.183 e. The highest BCUT2D eigenvalue weighted by molar-refractivity contribution is 6.61. The number of ether oxygens (including phenoxy) is 1. The Labute approximate surface area is 137 Å². The van der Waals surface area contributed by atoms with Crippen molar-refractivity contribution in [3.05, 3.63) is 65.5 Å². The van der Waals surface area contributed by atoms with Gasteiger partial charge in [0.2, 0.25) is 0 Å². The summed E-state index contributed by atoms with van der Waals surface area (Å²) in [7, 11) is 0. The van der Waals surface area contributed by atoms with E-state index in [1.807, 2.05) is 30.3 Å². The largest absolute Gasteiger partial charge is 0.489 e. The maximum absolute atomic E-state index is 13.6. The summed E-state index contributed by atoms with van der Waals surface area (Å²) in [5.74, 6) is -0.622. The minimum Gasteiger partial charge on any atom is -0.489 e. The Balaban J connectivity index is 1.84. The monoisotopic (exact) mass is 338 g/mol. The smallest absolute Gasteiger partial charge is 0.183 e. The van der Waals surface area contributed by atoms with Crippen molar-refractivity contribution in [3.63, 3.8) is 0 Å². The number of Topliss-reactive ketones (excluding diaryl/α,β-unsaturated/α-hetero) is 1. The van der Waals surface area contributed by atoms with Crippen molar-refractivity contribution in [2.24, 2.45) is 0 Å². The Kier molecular flexibility index (Phi) is 4.11. The first-order valence-corrected chi connectivity index (χ1v) is 7.61. The molecule has 0 aromatic heterocycles. The summed E-state index contributed by atoms with van der Waals surface area (Å²) in [6.07, 6.45) is 0.193. The maximum atomic E-state index is 13.6. The molecule has 0 heterocycles. The van der Waals surface area contributed by atoms with Gasteiger partial charge in [-0.1, -0.05) is 53.5 Å². The first-order chi connectivity index (χ1) is 10.5. The van der Waals surface area contributed by atoms with Crippen molar-refractivity contribution >= 4 is 29.0 Å². The van der Waals surface area contributed by atoms with Crippen LogP contribution in [-0.2, 0) is 11.4 Å². The van der Waals surface area contributed by atoms with Gasteiger partial charge in [-0.2, -0.15) is 0 Å². The zero-order valence-corrected chi connectivity index (χ0v) is 13.1. The van der Waals surface area contributed by atoms with Crippen LogP contribution in [0.25, 0.3) is 0 Å². The molecule has 22 heavy (non-hydrogen) atoms. The number of halogens is 3. The molecule has 1 atom stereocenters. The third-order valence-corrected chi connectivity index (χ3v) is 4.73. The van der Waals surface area contributed by atoms with E-state index in [1.165, 1.54) is 12.1 Å². The molecular formula is C17H13Cl2FO2. The lowest BCUT2D eigenvalue weighted by molar-refractivity contribution is -0.125. The topological polar surface area (TPSA) is 26.3 Å². The molecule has 1 fully saturated rings.